The van der Waals surface area contributed by atoms with Gasteiger partial charge in [0, 0.05) is 6.54 Å². The Hall–Kier alpha value is -2.80. The molecule has 0 unspecified atom stereocenters. The third kappa shape index (κ3) is 3.36. The minimum Gasteiger partial charge on any atom is -0.377 e. The van der Waals surface area contributed by atoms with Crippen LogP contribution in [0.25, 0.3) is 17.0 Å². The van der Waals surface area contributed by atoms with E-state index in [1.165, 1.54) is 11.6 Å². The van der Waals surface area contributed by atoms with E-state index in [9.17, 15) is 4.39 Å². The van der Waals surface area contributed by atoms with E-state index in [1.54, 1.807) is 22.7 Å². The molecule has 0 fully saturated rings. The van der Waals surface area contributed by atoms with Gasteiger partial charge >= 0.3 is 0 Å². The van der Waals surface area contributed by atoms with Crippen molar-refractivity contribution in [2.24, 2.45) is 0 Å². The first kappa shape index (κ1) is 15.7. The molecule has 1 aromatic carbocycles. The van der Waals surface area contributed by atoms with Crippen molar-refractivity contribution in [3.05, 3.63) is 53.9 Å². The van der Waals surface area contributed by atoms with E-state index in [-0.39, 0.29) is 5.82 Å². The summed E-state index contributed by atoms with van der Waals surface area (Å²) in [6, 6.07) is 10.2. The summed E-state index contributed by atoms with van der Waals surface area (Å²) in [6.45, 7) is 2.27. The van der Waals surface area contributed by atoms with Crippen molar-refractivity contribution in [3.63, 3.8) is 0 Å². The molecule has 0 aliphatic carbocycles. The van der Waals surface area contributed by atoms with Gasteiger partial charge in [-0.05, 0) is 37.1 Å². The number of aromatic nitrogens is 4. The smallest absolute Gasteiger partial charge is 0.188 e. The average Bonchev–Trinajstić information content (AvgIpc) is 3.06. The molecule has 3 heterocycles. The Morgan fingerprint density at radius 3 is 2.92 bits per heavy atom. The molecule has 25 heavy (non-hydrogen) atoms. The van der Waals surface area contributed by atoms with Crippen molar-refractivity contribution in [1.29, 1.82) is 0 Å². The Balaban J connectivity index is 1.54. The number of hydrogen-bond donors (Lipinski definition) is 1. The standard InChI is InChI=1S/C18H18FN5O/c19-15-4-2-1-3-14(15)18-22-21-17-6-5-16(23-24(17)18)20-10-7-13-8-11-25-12-9-13/h1-6,8H,7,9-12H2,(H,20,23). The highest BCUT2D eigenvalue weighted by molar-refractivity contribution is 5.60. The van der Waals surface area contributed by atoms with Gasteiger partial charge in [-0.3, -0.25) is 0 Å². The Labute approximate surface area is 144 Å². The summed E-state index contributed by atoms with van der Waals surface area (Å²) in [5, 5.41) is 16.0. The van der Waals surface area contributed by atoms with Crippen molar-refractivity contribution in [3.8, 4) is 11.4 Å². The summed E-state index contributed by atoms with van der Waals surface area (Å²) < 4.78 is 20.9. The van der Waals surface area contributed by atoms with Crippen molar-refractivity contribution in [1.82, 2.24) is 19.8 Å². The Morgan fingerprint density at radius 1 is 1.16 bits per heavy atom. The zero-order chi connectivity index (χ0) is 17.1. The molecule has 2 aromatic heterocycles. The fraction of sp³-hybridized carbons (Fsp3) is 0.278. The van der Waals surface area contributed by atoms with Crippen LogP contribution in [0, 0.1) is 5.82 Å². The summed E-state index contributed by atoms with van der Waals surface area (Å²) in [4.78, 5) is 0. The lowest BCUT2D eigenvalue weighted by atomic mass is 10.1. The van der Waals surface area contributed by atoms with E-state index >= 15 is 0 Å². The third-order valence-electron chi connectivity index (χ3n) is 4.19. The number of benzene rings is 1. The molecule has 0 amide bonds. The van der Waals surface area contributed by atoms with Crippen molar-refractivity contribution < 1.29 is 9.13 Å². The lowest BCUT2D eigenvalue weighted by Crippen LogP contribution is -2.10. The average molecular weight is 339 g/mol. The predicted molar refractivity (Wildman–Crippen MR) is 92.8 cm³/mol. The molecule has 7 heteroatoms. The van der Waals surface area contributed by atoms with Gasteiger partial charge in [-0.25, -0.2) is 4.39 Å². The number of hydrogen-bond acceptors (Lipinski definition) is 5. The molecule has 0 radical (unpaired) electrons. The minimum atomic E-state index is -0.344. The number of ether oxygens (including phenoxy) is 1. The number of nitrogens with zero attached hydrogens (tertiary/aromatic N) is 4. The van der Waals surface area contributed by atoms with Gasteiger partial charge in [0.1, 0.15) is 11.6 Å². The van der Waals surface area contributed by atoms with Crippen LogP contribution in [-0.4, -0.2) is 39.6 Å². The molecule has 1 N–H and O–H groups in total. The molecule has 1 aliphatic rings. The molecule has 128 valence electrons. The van der Waals surface area contributed by atoms with Gasteiger partial charge in [0.2, 0.25) is 0 Å². The van der Waals surface area contributed by atoms with E-state index in [1.807, 2.05) is 12.1 Å². The summed E-state index contributed by atoms with van der Waals surface area (Å²) in [7, 11) is 0. The second kappa shape index (κ2) is 6.98. The highest BCUT2D eigenvalue weighted by Gasteiger charge is 2.13. The van der Waals surface area contributed by atoms with Crippen molar-refractivity contribution in [2.45, 2.75) is 12.8 Å². The van der Waals surface area contributed by atoms with Gasteiger partial charge in [0.15, 0.2) is 11.5 Å². The molecule has 1 aliphatic heterocycles. The maximum atomic E-state index is 14.0. The normalized spacial score (nSPS) is 14.5. The summed E-state index contributed by atoms with van der Waals surface area (Å²) >= 11 is 0. The van der Waals surface area contributed by atoms with Crippen molar-refractivity contribution >= 4 is 11.5 Å². The van der Waals surface area contributed by atoms with Gasteiger partial charge in [-0.1, -0.05) is 23.8 Å². The van der Waals surface area contributed by atoms with Crippen LogP contribution in [0.2, 0.25) is 0 Å². The Morgan fingerprint density at radius 2 is 2.08 bits per heavy atom. The largest absolute Gasteiger partial charge is 0.377 e. The van der Waals surface area contributed by atoms with Gasteiger partial charge in [0.05, 0.1) is 18.8 Å². The number of fused-ring (bicyclic) bond motifs is 1. The fourth-order valence-electron chi connectivity index (χ4n) is 2.84. The van der Waals surface area contributed by atoms with Crippen LogP contribution in [-0.2, 0) is 4.74 Å². The molecular formula is C18H18FN5O. The summed E-state index contributed by atoms with van der Waals surface area (Å²) in [5.41, 5.74) is 2.36. The fourth-order valence-corrected chi connectivity index (χ4v) is 2.84. The molecule has 0 saturated heterocycles. The van der Waals surface area contributed by atoms with E-state index in [4.69, 9.17) is 4.74 Å². The topological polar surface area (TPSA) is 64.3 Å². The maximum absolute atomic E-state index is 14.0. The van der Waals surface area contributed by atoms with Gasteiger partial charge in [-0.2, -0.15) is 4.52 Å². The van der Waals surface area contributed by atoms with Crippen LogP contribution < -0.4 is 5.32 Å². The molecular weight excluding hydrogens is 321 g/mol. The molecule has 6 nitrogen and oxygen atoms in total. The zero-order valence-corrected chi connectivity index (χ0v) is 13.7. The quantitative estimate of drug-likeness (QED) is 0.724. The first-order chi connectivity index (χ1) is 12.3. The first-order valence-corrected chi connectivity index (χ1v) is 8.28. The lowest BCUT2D eigenvalue weighted by molar-refractivity contribution is 0.153. The van der Waals surface area contributed by atoms with Gasteiger partial charge in [-0.15, -0.1) is 15.3 Å². The molecule has 0 bridgehead atoms. The molecule has 0 spiro atoms. The Kier molecular flexibility index (Phi) is 4.39. The number of nitrogens with one attached hydrogen (secondary N) is 1. The number of halogens is 1. The molecule has 3 aromatic rings. The second-order valence-corrected chi connectivity index (χ2v) is 5.86. The van der Waals surface area contributed by atoms with E-state index in [0.717, 1.165) is 26.0 Å². The zero-order valence-electron chi connectivity index (χ0n) is 13.7. The van der Waals surface area contributed by atoms with E-state index < -0.39 is 0 Å². The van der Waals surface area contributed by atoms with Gasteiger partial charge < -0.3 is 10.1 Å². The van der Waals surface area contributed by atoms with Crippen LogP contribution in [0.5, 0.6) is 0 Å². The number of anilines is 1. The SMILES string of the molecule is Fc1ccccc1-c1nnc2ccc(NCCC3=CCOCC3)nn12. The lowest BCUT2D eigenvalue weighted by Gasteiger charge is -2.13. The van der Waals surface area contributed by atoms with Crippen LogP contribution in [0.4, 0.5) is 10.2 Å². The minimum absolute atomic E-state index is 0.344. The van der Waals surface area contributed by atoms with Crippen LogP contribution in [0.15, 0.2) is 48.0 Å². The predicted octanol–water partition coefficient (Wildman–Crippen LogP) is 3.08. The highest BCUT2D eigenvalue weighted by Crippen LogP contribution is 2.21. The van der Waals surface area contributed by atoms with Crippen molar-refractivity contribution in [2.75, 3.05) is 25.1 Å². The molecule has 0 atom stereocenters. The third-order valence-corrected chi connectivity index (χ3v) is 4.19. The molecule has 4 rings (SSSR count). The van der Waals surface area contributed by atoms with Crippen LogP contribution >= 0.6 is 0 Å². The van der Waals surface area contributed by atoms with E-state index in [2.05, 4.69) is 26.7 Å². The van der Waals surface area contributed by atoms with Gasteiger partial charge in [0.25, 0.3) is 0 Å². The monoisotopic (exact) mass is 339 g/mol. The second-order valence-electron chi connectivity index (χ2n) is 5.86. The first-order valence-electron chi connectivity index (χ1n) is 8.28. The van der Waals surface area contributed by atoms with Crippen LogP contribution in [0.3, 0.4) is 0 Å². The maximum Gasteiger partial charge on any atom is 0.188 e. The Bertz CT molecular complexity index is 921. The molecule has 0 saturated carbocycles. The summed E-state index contributed by atoms with van der Waals surface area (Å²) in [5.74, 6) is 0.754. The van der Waals surface area contributed by atoms with Crippen LogP contribution in [0.1, 0.15) is 12.8 Å². The van der Waals surface area contributed by atoms with E-state index in [0.29, 0.717) is 29.5 Å². The number of rotatable bonds is 5. The summed E-state index contributed by atoms with van der Waals surface area (Å²) in [6.07, 6.45) is 4.07. The highest BCUT2D eigenvalue weighted by atomic mass is 19.1.